The Hall–Kier alpha value is -0.960. The summed E-state index contributed by atoms with van der Waals surface area (Å²) < 4.78 is 0. The number of hydrogen-bond donors (Lipinski definition) is 2. The van der Waals surface area contributed by atoms with Crippen LogP contribution in [0.2, 0.25) is 0 Å². The van der Waals surface area contributed by atoms with Crippen LogP contribution in [-0.2, 0) is 0 Å². The van der Waals surface area contributed by atoms with E-state index in [1.165, 1.54) is 0 Å². The molecule has 3 nitrogen and oxygen atoms in total. The van der Waals surface area contributed by atoms with E-state index in [4.69, 9.17) is 5.73 Å². The molecule has 0 saturated heterocycles. The van der Waals surface area contributed by atoms with Crippen LogP contribution in [0.15, 0.2) is 24.6 Å². The molecule has 0 bridgehead atoms. The second-order valence-corrected chi connectivity index (χ2v) is 1.48. The highest BCUT2D eigenvalue weighted by molar-refractivity contribution is 5.04. The third-order valence-electron chi connectivity index (χ3n) is 0.910. The first-order chi connectivity index (χ1) is 3.93. The Morgan fingerprint density at radius 2 is 2.38 bits per heavy atom. The molecule has 0 unspecified atom stereocenters. The van der Waals surface area contributed by atoms with E-state index < -0.39 is 0 Å². The van der Waals surface area contributed by atoms with Crippen LogP contribution in [0.4, 0.5) is 0 Å². The molecule has 1 aliphatic rings. The van der Waals surface area contributed by atoms with Gasteiger partial charge in [0.1, 0.15) is 0 Å². The molecular formula is C5H9N3. The molecular weight excluding hydrogens is 102 g/mol. The topological polar surface area (TPSA) is 41.3 Å². The molecule has 0 aliphatic carbocycles. The zero-order valence-electron chi connectivity index (χ0n) is 4.54. The number of nitrogens with two attached hydrogens (primary N) is 1. The van der Waals surface area contributed by atoms with Crippen LogP contribution in [0.5, 0.6) is 0 Å². The van der Waals surface area contributed by atoms with Crippen LogP contribution >= 0.6 is 0 Å². The Morgan fingerprint density at radius 1 is 1.50 bits per heavy atom. The molecule has 0 spiro atoms. The second kappa shape index (κ2) is 2.37. The van der Waals surface area contributed by atoms with Crippen molar-refractivity contribution < 1.29 is 0 Å². The standard InChI is InChI=1S/C5H9N3/c6-5-8-4-2-1-3-7-8/h1-4,7H,5-6H2. The fraction of sp³-hybridized carbons (Fsp3) is 0.200. The van der Waals surface area contributed by atoms with E-state index in [1.807, 2.05) is 24.6 Å². The Labute approximate surface area is 48.4 Å². The number of rotatable bonds is 1. The minimum Gasteiger partial charge on any atom is -0.312 e. The smallest absolute Gasteiger partial charge is 0.0856 e. The van der Waals surface area contributed by atoms with Crippen LogP contribution in [-0.4, -0.2) is 11.7 Å². The van der Waals surface area contributed by atoms with Gasteiger partial charge < -0.3 is 11.2 Å². The molecule has 0 saturated carbocycles. The van der Waals surface area contributed by atoms with Gasteiger partial charge in [-0.15, -0.1) is 0 Å². The molecule has 0 aromatic rings. The minimum atomic E-state index is 0.501. The number of hydrogen-bond acceptors (Lipinski definition) is 3. The maximum atomic E-state index is 5.28. The largest absolute Gasteiger partial charge is 0.312 e. The van der Waals surface area contributed by atoms with Crippen molar-refractivity contribution in [3.8, 4) is 0 Å². The van der Waals surface area contributed by atoms with E-state index in [0.29, 0.717) is 6.67 Å². The van der Waals surface area contributed by atoms with Gasteiger partial charge in [0.05, 0.1) is 6.67 Å². The molecule has 0 radical (unpaired) electrons. The lowest BCUT2D eigenvalue weighted by Gasteiger charge is -2.18. The lowest BCUT2D eigenvalue weighted by atomic mass is 10.5. The van der Waals surface area contributed by atoms with Gasteiger partial charge in [0, 0.05) is 12.4 Å². The van der Waals surface area contributed by atoms with Gasteiger partial charge in [-0.2, -0.15) is 0 Å². The monoisotopic (exact) mass is 111 g/mol. The van der Waals surface area contributed by atoms with Crippen molar-refractivity contribution in [1.82, 2.24) is 10.4 Å². The SMILES string of the molecule is NCN1C=CC=CN1. The average Bonchev–Trinajstić information content (AvgIpc) is 1.90. The highest BCUT2D eigenvalue weighted by Gasteiger charge is 1.90. The van der Waals surface area contributed by atoms with Gasteiger partial charge in [0.2, 0.25) is 0 Å². The van der Waals surface area contributed by atoms with Crippen molar-refractivity contribution in [3.05, 3.63) is 24.6 Å². The van der Waals surface area contributed by atoms with E-state index in [1.54, 1.807) is 5.01 Å². The molecule has 3 N–H and O–H groups in total. The van der Waals surface area contributed by atoms with E-state index >= 15 is 0 Å². The summed E-state index contributed by atoms with van der Waals surface area (Å²) in [7, 11) is 0. The van der Waals surface area contributed by atoms with Gasteiger partial charge >= 0.3 is 0 Å². The molecule has 8 heavy (non-hydrogen) atoms. The summed E-state index contributed by atoms with van der Waals surface area (Å²) in [6, 6.07) is 0. The summed E-state index contributed by atoms with van der Waals surface area (Å²) in [4.78, 5) is 0. The summed E-state index contributed by atoms with van der Waals surface area (Å²) in [6.45, 7) is 0.501. The number of nitrogens with one attached hydrogen (secondary N) is 1. The van der Waals surface area contributed by atoms with Gasteiger partial charge in [0.25, 0.3) is 0 Å². The van der Waals surface area contributed by atoms with Gasteiger partial charge in [0.15, 0.2) is 0 Å². The number of allylic oxidation sites excluding steroid dienone is 2. The Kier molecular flexibility index (Phi) is 1.54. The lowest BCUT2D eigenvalue weighted by molar-refractivity contribution is 0.322. The summed E-state index contributed by atoms with van der Waals surface area (Å²) in [5.74, 6) is 0. The van der Waals surface area contributed by atoms with Gasteiger partial charge in [-0.25, -0.2) is 0 Å². The average molecular weight is 111 g/mol. The van der Waals surface area contributed by atoms with Crippen molar-refractivity contribution in [2.45, 2.75) is 0 Å². The molecule has 0 aromatic carbocycles. The first kappa shape index (κ1) is 5.18. The quantitative estimate of drug-likeness (QED) is 0.490. The number of nitrogens with zero attached hydrogens (tertiary/aromatic N) is 1. The molecule has 1 aliphatic heterocycles. The lowest BCUT2D eigenvalue weighted by Crippen LogP contribution is -2.35. The summed E-state index contributed by atoms with van der Waals surface area (Å²) >= 11 is 0. The molecule has 0 amide bonds. The summed E-state index contributed by atoms with van der Waals surface area (Å²) in [5, 5.41) is 1.78. The van der Waals surface area contributed by atoms with E-state index in [-0.39, 0.29) is 0 Å². The number of hydrazine groups is 1. The van der Waals surface area contributed by atoms with Gasteiger partial charge in [-0.1, -0.05) is 0 Å². The van der Waals surface area contributed by atoms with Crippen LogP contribution < -0.4 is 11.2 Å². The molecule has 3 heteroatoms. The summed E-state index contributed by atoms with van der Waals surface area (Å²) in [6.07, 6.45) is 7.53. The molecule has 0 fully saturated rings. The maximum Gasteiger partial charge on any atom is 0.0856 e. The molecule has 1 rings (SSSR count). The normalized spacial score (nSPS) is 16.4. The molecule has 0 aromatic heterocycles. The van der Waals surface area contributed by atoms with Crippen molar-refractivity contribution in [2.24, 2.45) is 5.73 Å². The van der Waals surface area contributed by atoms with Crippen molar-refractivity contribution in [3.63, 3.8) is 0 Å². The van der Waals surface area contributed by atoms with E-state index in [0.717, 1.165) is 0 Å². The Morgan fingerprint density at radius 3 is 2.75 bits per heavy atom. The van der Waals surface area contributed by atoms with Crippen LogP contribution in [0, 0.1) is 0 Å². The van der Waals surface area contributed by atoms with E-state index in [9.17, 15) is 0 Å². The van der Waals surface area contributed by atoms with E-state index in [2.05, 4.69) is 5.43 Å². The maximum absolute atomic E-state index is 5.28. The fourth-order valence-electron chi connectivity index (χ4n) is 0.505. The Bertz CT molecular complexity index is 117. The predicted molar refractivity (Wildman–Crippen MR) is 32.3 cm³/mol. The van der Waals surface area contributed by atoms with Crippen LogP contribution in [0.25, 0.3) is 0 Å². The highest BCUT2D eigenvalue weighted by Crippen LogP contribution is 1.87. The second-order valence-electron chi connectivity index (χ2n) is 1.48. The van der Waals surface area contributed by atoms with Crippen LogP contribution in [0.1, 0.15) is 0 Å². The Balaban J connectivity index is 2.40. The van der Waals surface area contributed by atoms with Gasteiger partial charge in [-0.05, 0) is 12.2 Å². The van der Waals surface area contributed by atoms with Crippen molar-refractivity contribution in [1.29, 1.82) is 0 Å². The molecule has 44 valence electrons. The van der Waals surface area contributed by atoms with Crippen LogP contribution in [0.3, 0.4) is 0 Å². The van der Waals surface area contributed by atoms with Crippen molar-refractivity contribution in [2.75, 3.05) is 6.67 Å². The first-order valence-corrected chi connectivity index (χ1v) is 2.49. The highest BCUT2D eigenvalue weighted by atomic mass is 15.5. The van der Waals surface area contributed by atoms with Gasteiger partial charge in [-0.3, -0.25) is 5.01 Å². The predicted octanol–water partition coefficient (Wildman–Crippen LogP) is -0.250. The zero-order chi connectivity index (χ0) is 5.82. The zero-order valence-corrected chi connectivity index (χ0v) is 4.54. The minimum absolute atomic E-state index is 0.501. The molecule has 1 heterocycles. The fourth-order valence-corrected chi connectivity index (χ4v) is 0.505. The third-order valence-corrected chi connectivity index (χ3v) is 0.910. The third kappa shape index (κ3) is 1.01. The molecule has 0 atom stereocenters. The van der Waals surface area contributed by atoms with Crippen molar-refractivity contribution >= 4 is 0 Å². The summed E-state index contributed by atoms with van der Waals surface area (Å²) in [5.41, 5.74) is 8.19. The first-order valence-electron chi connectivity index (χ1n) is 2.49.